The van der Waals surface area contributed by atoms with Gasteiger partial charge in [0.15, 0.2) is 11.6 Å². The lowest BCUT2D eigenvalue weighted by atomic mass is 10.1. The van der Waals surface area contributed by atoms with Crippen LogP contribution in [0.4, 0.5) is 8.78 Å². The number of carbonyl (C=O) groups is 2. The maximum absolute atomic E-state index is 13.8. The fourth-order valence-corrected chi connectivity index (χ4v) is 2.68. The van der Waals surface area contributed by atoms with Gasteiger partial charge in [-0.1, -0.05) is 41.9 Å². The molecule has 1 amide bonds. The van der Waals surface area contributed by atoms with Crippen molar-refractivity contribution in [1.82, 2.24) is 5.32 Å². The monoisotopic (exact) mass is 429 g/mol. The van der Waals surface area contributed by atoms with Crippen LogP contribution in [0.2, 0.25) is 5.02 Å². The van der Waals surface area contributed by atoms with Crippen LogP contribution in [0.15, 0.2) is 72.4 Å². The lowest BCUT2D eigenvalue weighted by Crippen LogP contribution is -2.27. The lowest BCUT2D eigenvalue weighted by Gasteiger charge is -2.09. The number of ether oxygens (including phenoxy) is 1. The number of carboxylic acids is 1. The molecule has 0 aliphatic carbocycles. The largest absolute Gasteiger partial charge is 0.477 e. The van der Waals surface area contributed by atoms with Gasteiger partial charge in [-0.3, -0.25) is 4.79 Å². The van der Waals surface area contributed by atoms with Crippen LogP contribution in [-0.4, -0.2) is 17.0 Å². The fraction of sp³-hybridized carbons (Fsp3) is 0. The van der Waals surface area contributed by atoms with E-state index in [1.807, 2.05) is 0 Å². The van der Waals surface area contributed by atoms with Crippen LogP contribution in [0.1, 0.15) is 15.9 Å². The van der Waals surface area contributed by atoms with Gasteiger partial charge in [-0.15, -0.1) is 0 Å². The Labute approximate surface area is 175 Å². The van der Waals surface area contributed by atoms with Crippen LogP contribution in [0.3, 0.4) is 0 Å². The van der Waals surface area contributed by atoms with Crippen molar-refractivity contribution in [3.05, 3.63) is 100 Å². The van der Waals surface area contributed by atoms with Gasteiger partial charge in [0, 0.05) is 0 Å². The molecular formula is C22H14ClF2NO4. The maximum Gasteiger partial charge on any atom is 0.352 e. The van der Waals surface area contributed by atoms with Gasteiger partial charge in [0.1, 0.15) is 17.3 Å². The second kappa shape index (κ2) is 9.19. The van der Waals surface area contributed by atoms with Gasteiger partial charge in [-0.05, 0) is 48.0 Å². The molecule has 152 valence electrons. The number of rotatable bonds is 6. The first-order chi connectivity index (χ1) is 14.3. The highest BCUT2D eigenvalue weighted by Crippen LogP contribution is 2.32. The summed E-state index contributed by atoms with van der Waals surface area (Å²) in [5, 5.41) is 11.6. The topological polar surface area (TPSA) is 75.6 Å². The van der Waals surface area contributed by atoms with E-state index in [0.29, 0.717) is 5.56 Å². The Kier molecular flexibility index (Phi) is 6.44. The van der Waals surface area contributed by atoms with Crippen LogP contribution < -0.4 is 10.1 Å². The van der Waals surface area contributed by atoms with Crippen molar-refractivity contribution in [2.75, 3.05) is 0 Å². The minimum absolute atomic E-state index is 0.1000. The summed E-state index contributed by atoms with van der Waals surface area (Å²) < 4.78 is 33.0. The third-order valence-corrected chi connectivity index (χ3v) is 4.22. The van der Waals surface area contributed by atoms with Crippen molar-refractivity contribution in [3.63, 3.8) is 0 Å². The van der Waals surface area contributed by atoms with Crippen molar-refractivity contribution in [2.24, 2.45) is 0 Å². The first-order valence-corrected chi connectivity index (χ1v) is 8.96. The summed E-state index contributed by atoms with van der Waals surface area (Å²) in [5.41, 5.74) is -0.322. The summed E-state index contributed by atoms with van der Waals surface area (Å²) in [6, 6.07) is 15.3. The molecular weight excluding hydrogens is 416 g/mol. The van der Waals surface area contributed by atoms with Crippen LogP contribution >= 0.6 is 11.6 Å². The highest BCUT2D eigenvalue weighted by molar-refractivity contribution is 6.32. The smallest absolute Gasteiger partial charge is 0.352 e. The molecule has 2 N–H and O–H groups in total. The number of carboxylic acid groups (broad SMARTS) is 1. The average molecular weight is 430 g/mol. The van der Waals surface area contributed by atoms with Gasteiger partial charge < -0.3 is 15.2 Å². The van der Waals surface area contributed by atoms with Gasteiger partial charge in [-0.2, -0.15) is 0 Å². The molecule has 0 saturated carbocycles. The number of hydrogen-bond donors (Lipinski definition) is 2. The zero-order chi connectivity index (χ0) is 21.7. The number of nitrogens with one attached hydrogen (secondary N) is 1. The molecule has 0 aliphatic rings. The molecule has 3 aromatic carbocycles. The third kappa shape index (κ3) is 5.01. The Balaban J connectivity index is 1.79. The van der Waals surface area contributed by atoms with Crippen molar-refractivity contribution < 1.29 is 28.2 Å². The molecule has 0 heterocycles. The molecule has 30 heavy (non-hydrogen) atoms. The summed E-state index contributed by atoms with van der Waals surface area (Å²) >= 11 is 5.92. The quantitative estimate of drug-likeness (QED) is 0.524. The number of carbonyl (C=O) groups excluding carboxylic acids is 1. The summed E-state index contributed by atoms with van der Waals surface area (Å²) in [6.07, 6.45) is 1.20. The number of amides is 1. The molecule has 0 radical (unpaired) electrons. The zero-order valence-corrected chi connectivity index (χ0v) is 16.0. The molecule has 3 aromatic rings. The lowest BCUT2D eigenvalue weighted by molar-refractivity contribution is -0.132. The summed E-state index contributed by atoms with van der Waals surface area (Å²) in [6.45, 7) is 0. The minimum atomic E-state index is -1.40. The van der Waals surface area contributed by atoms with Gasteiger partial charge >= 0.3 is 5.97 Å². The molecule has 0 aliphatic heterocycles. The fourth-order valence-electron chi connectivity index (χ4n) is 2.48. The van der Waals surface area contributed by atoms with E-state index in [1.54, 1.807) is 0 Å². The van der Waals surface area contributed by atoms with Crippen molar-refractivity contribution in [2.45, 2.75) is 0 Å². The van der Waals surface area contributed by atoms with E-state index in [1.165, 1.54) is 66.7 Å². The summed E-state index contributed by atoms with van der Waals surface area (Å²) in [7, 11) is 0. The average Bonchev–Trinajstić information content (AvgIpc) is 2.71. The second-order valence-electron chi connectivity index (χ2n) is 6.02. The zero-order valence-electron chi connectivity index (χ0n) is 15.2. The number of aliphatic carboxylic acids is 1. The first-order valence-electron chi connectivity index (χ1n) is 8.58. The van der Waals surface area contributed by atoms with E-state index in [0.717, 1.165) is 6.07 Å². The Morgan fingerprint density at radius 3 is 2.23 bits per heavy atom. The van der Waals surface area contributed by atoms with Gasteiger partial charge in [0.2, 0.25) is 0 Å². The second-order valence-corrected chi connectivity index (χ2v) is 6.43. The molecule has 5 nitrogen and oxygen atoms in total. The molecule has 8 heteroatoms. The molecule has 3 rings (SSSR count). The van der Waals surface area contributed by atoms with E-state index < -0.39 is 29.2 Å². The van der Waals surface area contributed by atoms with Gasteiger partial charge in [0.05, 0.1) is 10.6 Å². The number of para-hydroxylation sites is 1. The molecule has 0 saturated heterocycles. The Bertz CT molecular complexity index is 1110. The molecule has 0 fully saturated rings. The predicted octanol–water partition coefficient (Wildman–Crippen LogP) is 5.27. The molecule has 0 atom stereocenters. The number of benzene rings is 3. The predicted molar refractivity (Wildman–Crippen MR) is 107 cm³/mol. The Morgan fingerprint density at radius 2 is 1.60 bits per heavy atom. The normalized spacial score (nSPS) is 11.1. The first kappa shape index (κ1) is 21.0. The molecule has 0 bridgehead atoms. The van der Waals surface area contributed by atoms with Gasteiger partial charge in [-0.25, -0.2) is 13.6 Å². The van der Waals surface area contributed by atoms with E-state index >= 15 is 0 Å². The van der Waals surface area contributed by atoms with E-state index in [9.17, 15) is 23.5 Å². The third-order valence-electron chi connectivity index (χ3n) is 3.93. The summed E-state index contributed by atoms with van der Waals surface area (Å²) in [5.74, 6) is -3.56. The van der Waals surface area contributed by atoms with Crippen molar-refractivity contribution in [3.8, 4) is 11.5 Å². The Hall–Kier alpha value is -3.71. The highest BCUT2D eigenvalue weighted by Gasteiger charge is 2.16. The molecule has 0 spiro atoms. The van der Waals surface area contributed by atoms with Crippen molar-refractivity contribution in [1.29, 1.82) is 0 Å². The SMILES string of the molecule is O=C(O)C(=Cc1ccc(Oc2c(F)cccc2Cl)cc1)NC(=O)c1ccccc1F. The standard InChI is InChI=1S/C22H14ClF2NO4/c23-16-5-3-7-18(25)20(16)30-14-10-8-13(9-11-14)12-19(22(28)29)26-21(27)15-4-1-2-6-17(15)24/h1-12H,(H,26,27)(H,28,29). The van der Waals surface area contributed by atoms with Crippen LogP contribution in [0.5, 0.6) is 11.5 Å². The maximum atomic E-state index is 13.8. The minimum Gasteiger partial charge on any atom is -0.477 e. The van der Waals surface area contributed by atoms with E-state index in [-0.39, 0.29) is 22.1 Å². The van der Waals surface area contributed by atoms with E-state index in [2.05, 4.69) is 5.32 Å². The molecule has 0 unspecified atom stereocenters. The summed E-state index contributed by atoms with van der Waals surface area (Å²) in [4.78, 5) is 23.6. The molecule has 0 aromatic heterocycles. The van der Waals surface area contributed by atoms with Crippen LogP contribution in [-0.2, 0) is 4.79 Å². The van der Waals surface area contributed by atoms with Crippen molar-refractivity contribution >= 4 is 29.6 Å². The number of hydrogen-bond acceptors (Lipinski definition) is 3. The number of halogens is 3. The Morgan fingerprint density at radius 1 is 0.933 bits per heavy atom. The van der Waals surface area contributed by atoms with Crippen LogP contribution in [0.25, 0.3) is 6.08 Å². The van der Waals surface area contributed by atoms with Gasteiger partial charge in [0.25, 0.3) is 5.91 Å². The highest BCUT2D eigenvalue weighted by atomic mass is 35.5. The van der Waals surface area contributed by atoms with Crippen LogP contribution in [0, 0.1) is 11.6 Å². The van der Waals surface area contributed by atoms with E-state index in [4.69, 9.17) is 16.3 Å².